The molecule has 1 atom stereocenters. The molecule has 0 rings (SSSR count). The number of hydrogen-bond acceptors (Lipinski definition) is 2. The van der Waals surface area contributed by atoms with E-state index in [1.54, 1.807) is 4.90 Å². The normalized spacial score (nSPS) is 13.4. The third-order valence-electron chi connectivity index (χ3n) is 2.64. The first kappa shape index (κ1) is 13.4. The number of carbonyl (C=O) groups excluding carboxylic acids is 1. The Morgan fingerprint density at radius 3 is 2.00 bits per heavy atom. The van der Waals surface area contributed by atoms with Gasteiger partial charge in [0.2, 0.25) is 5.91 Å². The van der Waals surface area contributed by atoms with Crippen molar-refractivity contribution in [1.29, 1.82) is 0 Å². The van der Waals surface area contributed by atoms with Crippen LogP contribution in [0.1, 0.15) is 34.6 Å². The van der Waals surface area contributed by atoms with Crippen molar-refractivity contribution in [2.24, 2.45) is 11.8 Å². The number of aliphatic hydroxyl groups is 1. The van der Waals surface area contributed by atoms with Crippen molar-refractivity contribution in [2.75, 3.05) is 13.2 Å². The van der Waals surface area contributed by atoms with E-state index in [4.69, 9.17) is 5.11 Å². The van der Waals surface area contributed by atoms with Crippen LogP contribution >= 0.6 is 0 Å². The zero-order chi connectivity index (χ0) is 11.3. The molecular weight excluding hydrogens is 178 g/mol. The van der Waals surface area contributed by atoms with Gasteiger partial charge in [-0.3, -0.25) is 4.79 Å². The van der Waals surface area contributed by atoms with E-state index in [9.17, 15) is 4.79 Å². The molecule has 3 nitrogen and oxygen atoms in total. The molecule has 0 bridgehead atoms. The van der Waals surface area contributed by atoms with Crippen LogP contribution in [0.2, 0.25) is 0 Å². The lowest BCUT2D eigenvalue weighted by molar-refractivity contribution is -0.138. The van der Waals surface area contributed by atoms with Crippen LogP contribution in [0.3, 0.4) is 0 Å². The Hall–Kier alpha value is -0.570. The molecule has 84 valence electrons. The summed E-state index contributed by atoms with van der Waals surface area (Å²) in [5, 5.41) is 8.86. The number of hydrogen-bond donors (Lipinski definition) is 1. The minimum absolute atomic E-state index is 0.0314. The van der Waals surface area contributed by atoms with Crippen molar-refractivity contribution in [2.45, 2.75) is 40.7 Å². The molecule has 0 aliphatic carbocycles. The fourth-order valence-corrected chi connectivity index (χ4v) is 1.28. The third kappa shape index (κ3) is 3.66. The monoisotopic (exact) mass is 201 g/mol. The number of rotatable bonds is 5. The van der Waals surface area contributed by atoms with Gasteiger partial charge in [0.25, 0.3) is 0 Å². The number of nitrogens with zero attached hydrogens (tertiary/aromatic N) is 1. The Morgan fingerprint density at radius 2 is 1.71 bits per heavy atom. The summed E-state index contributed by atoms with van der Waals surface area (Å²) in [6.07, 6.45) is 0. The Bertz CT molecular complexity index is 178. The van der Waals surface area contributed by atoms with E-state index in [0.717, 1.165) is 0 Å². The lowest BCUT2D eigenvalue weighted by atomic mass is 9.96. The van der Waals surface area contributed by atoms with Gasteiger partial charge in [-0.1, -0.05) is 20.8 Å². The standard InChI is InChI=1S/C11H23NO2/c1-8(2)10(5)11(14)12(6-7-13)9(3)4/h8-10,13H,6-7H2,1-5H3. The Labute approximate surface area is 87.1 Å². The maximum absolute atomic E-state index is 11.9. The molecule has 14 heavy (non-hydrogen) atoms. The Kier molecular flexibility index (Phi) is 5.77. The van der Waals surface area contributed by atoms with E-state index in [1.807, 2.05) is 34.6 Å². The van der Waals surface area contributed by atoms with Gasteiger partial charge in [-0.05, 0) is 19.8 Å². The smallest absolute Gasteiger partial charge is 0.225 e. The predicted molar refractivity (Wildman–Crippen MR) is 57.9 cm³/mol. The van der Waals surface area contributed by atoms with Crippen LogP contribution in [0.5, 0.6) is 0 Å². The van der Waals surface area contributed by atoms with Crippen LogP contribution in [0.25, 0.3) is 0 Å². The topological polar surface area (TPSA) is 40.5 Å². The summed E-state index contributed by atoms with van der Waals surface area (Å²) in [5.74, 6) is 0.524. The van der Waals surface area contributed by atoms with Gasteiger partial charge in [0.1, 0.15) is 0 Å². The molecule has 0 saturated carbocycles. The number of amides is 1. The van der Waals surface area contributed by atoms with Crippen LogP contribution < -0.4 is 0 Å². The first-order valence-electron chi connectivity index (χ1n) is 5.33. The Morgan fingerprint density at radius 1 is 1.21 bits per heavy atom. The van der Waals surface area contributed by atoms with Gasteiger partial charge in [-0.2, -0.15) is 0 Å². The molecule has 0 aromatic rings. The van der Waals surface area contributed by atoms with Crippen LogP contribution in [0, 0.1) is 11.8 Å². The molecule has 0 saturated heterocycles. The van der Waals surface area contributed by atoms with Crippen LogP contribution in [-0.4, -0.2) is 35.1 Å². The third-order valence-corrected chi connectivity index (χ3v) is 2.64. The maximum Gasteiger partial charge on any atom is 0.225 e. The highest BCUT2D eigenvalue weighted by atomic mass is 16.3. The summed E-state index contributed by atoms with van der Waals surface area (Å²) >= 11 is 0. The lowest BCUT2D eigenvalue weighted by Gasteiger charge is -2.30. The van der Waals surface area contributed by atoms with Crippen molar-refractivity contribution in [3.05, 3.63) is 0 Å². The highest BCUT2D eigenvalue weighted by Gasteiger charge is 2.24. The van der Waals surface area contributed by atoms with E-state index >= 15 is 0 Å². The second-order valence-electron chi connectivity index (χ2n) is 4.38. The minimum atomic E-state index is 0.0314. The highest BCUT2D eigenvalue weighted by Crippen LogP contribution is 2.14. The van der Waals surface area contributed by atoms with Crippen LogP contribution in [-0.2, 0) is 4.79 Å². The molecule has 0 radical (unpaired) electrons. The predicted octanol–water partition coefficient (Wildman–Crippen LogP) is 1.51. The van der Waals surface area contributed by atoms with Gasteiger partial charge in [0, 0.05) is 18.5 Å². The number of carbonyl (C=O) groups is 1. The molecule has 3 heteroatoms. The molecule has 0 aromatic heterocycles. The van der Waals surface area contributed by atoms with E-state index in [-0.39, 0.29) is 24.5 Å². The van der Waals surface area contributed by atoms with Crippen molar-refractivity contribution >= 4 is 5.91 Å². The van der Waals surface area contributed by atoms with E-state index in [2.05, 4.69) is 0 Å². The lowest BCUT2D eigenvalue weighted by Crippen LogP contribution is -2.43. The minimum Gasteiger partial charge on any atom is -0.395 e. The fraction of sp³-hybridized carbons (Fsp3) is 0.909. The van der Waals surface area contributed by atoms with Gasteiger partial charge < -0.3 is 10.0 Å². The average Bonchev–Trinajstić information content (AvgIpc) is 2.11. The summed E-state index contributed by atoms with van der Waals surface area (Å²) in [6, 6.07) is 0.163. The van der Waals surface area contributed by atoms with Crippen molar-refractivity contribution in [1.82, 2.24) is 4.90 Å². The molecule has 0 spiro atoms. The van der Waals surface area contributed by atoms with Crippen molar-refractivity contribution in [3.8, 4) is 0 Å². The second-order valence-corrected chi connectivity index (χ2v) is 4.38. The van der Waals surface area contributed by atoms with E-state index < -0.39 is 0 Å². The average molecular weight is 201 g/mol. The van der Waals surface area contributed by atoms with Crippen molar-refractivity contribution < 1.29 is 9.90 Å². The van der Waals surface area contributed by atoms with Gasteiger partial charge in [0.05, 0.1) is 6.61 Å². The van der Waals surface area contributed by atoms with E-state index in [1.165, 1.54) is 0 Å². The van der Waals surface area contributed by atoms with Gasteiger partial charge >= 0.3 is 0 Å². The highest BCUT2D eigenvalue weighted by molar-refractivity contribution is 5.79. The van der Waals surface area contributed by atoms with Crippen LogP contribution in [0.15, 0.2) is 0 Å². The van der Waals surface area contributed by atoms with Gasteiger partial charge in [0.15, 0.2) is 0 Å². The second kappa shape index (κ2) is 6.02. The zero-order valence-corrected chi connectivity index (χ0v) is 9.95. The van der Waals surface area contributed by atoms with Crippen molar-refractivity contribution in [3.63, 3.8) is 0 Å². The molecule has 1 N–H and O–H groups in total. The molecule has 0 fully saturated rings. The molecule has 0 aromatic carbocycles. The fourth-order valence-electron chi connectivity index (χ4n) is 1.28. The SMILES string of the molecule is CC(C)C(C)C(=O)N(CCO)C(C)C. The summed E-state index contributed by atoms with van der Waals surface area (Å²) in [5.41, 5.74) is 0. The molecule has 0 aliphatic heterocycles. The summed E-state index contributed by atoms with van der Waals surface area (Å²) in [6.45, 7) is 10.4. The molecule has 1 amide bonds. The van der Waals surface area contributed by atoms with Crippen LogP contribution in [0.4, 0.5) is 0 Å². The largest absolute Gasteiger partial charge is 0.395 e. The Balaban J connectivity index is 4.43. The quantitative estimate of drug-likeness (QED) is 0.732. The molecule has 0 aliphatic rings. The van der Waals surface area contributed by atoms with Gasteiger partial charge in [-0.25, -0.2) is 0 Å². The first-order chi connectivity index (χ1) is 6.41. The first-order valence-corrected chi connectivity index (χ1v) is 5.33. The van der Waals surface area contributed by atoms with Gasteiger partial charge in [-0.15, -0.1) is 0 Å². The summed E-state index contributed by atoms with van der Waals surface area (Å²) in [7, 11) is 0. The summed E-state index contributed by atoms with van der Waals surface area (Å²) < 4.78 is 0. The summed E-state index contributed by atoms with van der Waals surface area (Å²) in [4.78, 5) is 13.7. The maximum atomic E-state index is 11.9. The van der Waals surface area contributed by atoms with E-state index in [0.29, 0.717) is 12.5 Å². The number of aliphatic hydroxyl groups excluding tert-OH is 1. The molecule has 0 heterocycles. The molecule has 1 unspecified atom stereocenters. The molecular formula is C11H23NO2. The zero-order valence-electron chi connectivity index (χ0n) is 9.95.